The molecule has 1 N–H and O–H groups in total. The molecule has 2 aromatic carbocycles. The highest BCUT2D eigenvalue weighted by atomic mass is 32.2. The summed E-state index contributed by atoms with van der Waals surface area (Å²) in [5.41, 5.74) is 2.41. The smallest absolute Gasteiger partial charge is 0.137 e. The van der Waals surface area contributed by atoms with Crippen LogP contribution in [0.2, 0.25) is 0 Å². The molecule has 1 unspecified atom stereocenters. The van der Waals surface area contributed by atoms with Gasteiger partial charge in [-0.05, 0) is 29.7 Å². The lowest BCUT2D eigenvalue weighted by Crippen LogP contribution is -2.48. The molecular formula is C20H23FN2OS. The molecule has 1 fully saturated rings. The zero-order chi connectivity index (χ0) is 17.2. The van der Waals surface area contributed by atoms with Gasteiger partial charge in [-0.3, -0.25) is 9.80 Å². The predicted molar refractivity (Wildman–Crippen MR) is 98.5 cm³/mol. The Hall–Kier alpha value is -1.40. The number of hydrogen-bond acceptors (Lipinski definition) is 4. The van der Waals surface area contributed by atoms with Gasteiger partial charge in [0.2, 0.25) is 0 Å². The van der Waals surface area contributed by atoms with Crippen LogP contribution in [0.3, 0.4) is 0 Å². The lowest BCUT2D eigenvalue weighted by Gasteiger charge is -2.39. The second-order valence-electron chi connectivity index (χ2n) is 6.69. The molecule has 2 aromatic rings. The monoisotopic (exact) mass is 358 g/mol. The minimum atomic E-state index is -0.122. The van der Waals surface area contributed by atoms with E-state index >= 15 is 0 Å². The van der Waals surface area contributed by atoms with Gasteiger partial charge in [-0.25, -0.2) is 4.39 Å². The van der Waals surface area contributed by atoms with Gasteiger partial charge in [0, 0.05) is 43.7 Å². The number of β-amino-alcohol motifs (C(OH)–C–C–N with tert-alkyl or cyclic N) is 1. The summed E-state index contributed by atoms with van der Waals surface area (Å²) < 4.78 is 14.6. The van der Waals surface area contributed by atoms with Crippen molar-refractivity contribution >= 4 is 11.8 Å². The third-order valence-electron chi connectivity index (χ3n) is 5.22. The number of rotatable bonds is 3. The third-order valence-corrected chi connectivity index (χ3v) is 6.47. The van der Waals surface area contributed by atoms with E-state index in [4.69, 9.17) is 5.11 Å². The molecule has 0 aromatic heterocycles. The minimum Gasteiger partial charge on any atom is -0.395 e. The molecule has 132 valence electrons. The Morgan fingerprint density at radius 1 is 1.04 bits per heavy atom. The third kappa shape index (κ3) is 3.47. The van der Waals surface area contributed by atoms with Crippen molar-refractivity contribution in [2.75, 3.05) is 39.3 Å². The Kier molecular flexibility index (Phi) is 5.08. The largest absolute Gasteiger partial charge is 0.395 e. The minimum absolute atomic E-state index is 0.122. The first-order chi connectivity index (χ1) is 12.3. The fourth-order valence-electron chi connectivity index (χ4n) is 3.86. The summed E-state index contributed by atoms with van der Waals surface area (Å²) in [6.45, 7) is 4.76. The van der Waals surface area contributed by atoms with E-state index in [-0.39, 0.29) is 18.5 Å². The molecule has 0 spiro atoms. The molecule has 0 saturated carbocycles. The lowest BCUT2D eigenvalue weighted by atomic mass is 9.96. The second kappa shape index (κ2) is 7.46. The van der Waals surface area contributed by atoms with E-state index in [1.807, 2.05) is 12.1 Å². The maximum atomic E-state index is 14.6. The SMILES string of the molecule is OCCN1CCN(C2Cc3ccccc3Sc3c(F)cccc32)CC1. The average molecular weight is 358 g/mol. The van der Waals surface area contributed by atoms with Crippen LogP contribution in [0.5, 0.6) is 0 Å². The van der Waals surface area contributed by atoms with Gasteiger partial charge < -0.3 is 5.11 Å². The first kappa shape index (κ1) is 17.0. The highest BCUT2D eigenvalue weighted by Gasteiger charge is 2.30. The molecule has 0 aliphatic carbocycles. The molecule has 4 rings (SSSR count). The topological polar surface area (TPSA) is 26.7 Å². The first-order valence-electron chi connectivity index (χ1n) is 8.87. The fraction of sp³-hybridized carbons (Fsp3) is 0.400. The Morgan fingerprint density at radius 3 is 2.64 bits per heavy atom. The number of aliphatic hydroxyl groups excluding tert-OH is 1. The molecule has 0 radical (unpaired) electrons. The number of nitrogens with zero attached hydrogens (tertiary/aromatic N) is 2. The summed E-state index contributed by atoms with van der Waals surface area (Å²) in [7, 11) is 0. The van der Waals surface area contributed by atoms with Crippen LogP contribution in [0.1, 0.15) is 17.2 Å². The van der Waals surface area contributed by atoms with Crippen LogP contribution in [0, 0.1) is 5.82 Å². The highest BCUT2D eigenvalue weighted by molar-refractivity contribution is 7.99. The Bertz CT molecular complexity index is 746. The van der Waals surface area contributed by atoms with Gasteiger partial charge in [-0.15, -0.1) is 0 Å². The van der Waals surface area contributed by atoms with E-state index in [1.165, 1.54) is 5.56 Å². The lowest BCUT2D eigenvalue weighted by molar-refractivity contribution is 0.0821. The van der Waals surface area contributed by atoms with E-state index < -0.39 is 0 Å². The van der Waals surface area contributed by atoms with Gasteiger partial charge in [-0.2, -0.15) is 0 Å². The van der Waals surface area contributed by atoms with Crippen LogP contribution >= 0.6 is 11.8 Å². The van der Waals surface area contributed by atoms with E-state index in [9.17, 15) is 4.39 Å². The zero-order valence-electron chi connectivity index (χ0n) is 14.2. The van der Waals surface area contributed by atoms with Crippen LogP contribution in [-0.2, 0) is 6.42 Å². The maximum Gasteiger partial charge on any atom is 0.137 e. The highest BCUT2D eigenvalue weighted by Crippen LogP contribution is 2.44. The number of piperazine rings is 1. The fourth-order valence-corrected chi connectivity index (χ4v) is 5.00. The first-order valence-corrected chi connectivity index (χ1v) is 9.69. The molecule has 1 saturated heterocycles. The number of fused-ring (bicyclic) bond motifs is 2. The van der Waals surface area contributed by atoms with Gasteiger partial charge in [-0.1, -0.05) is 42.1 Å². The van der Waals surface area contributed by atoms with Gasteiger partial charge in [0.15, 0.2) is 0 Å². The maximum absolute atomic E-state index is 14.6. The standard InChI is InChI=1S/C20H23FN2OS/c21-17-6-3-5-16-18(23-10-8-22(9-11-23)12-13-24)14-15-4-1-2-7-19(15)25-20(16)17/h1-7,18,24H,8-14H2. The summed E-state index contributed by atoms with van der Waals surface area (Å²) in [6.07, 6.45) is 0.916. The zero-order valence-corrected chi connectivity index (χ0v) is 15.0. The van der Waals surface area contributed by atoms with Crippen LogP contribution in [0.25, 0.3) is 0 Å². The summed E-state index contributed by atoms with van der Waals surface area (Å²) in [4.78, 5) is 6.71. The van der Waals surface area contributed by atoms with E-state index in [1.54, 1.807) is 17.8 Å². The van der Waals surface area contributed by atoms with Crippen molar-refractivity contribution in [3.63, 3.8) is 0 Å². The number of benzene rings is 2. The number of aliphatic hydroxyl groups is 1. The second-order valence-corrected chi connectivity index (χ2v) is 7.74. The average Bonchev–Trinajstić information content (AvgIpc) is 2.81. The molecule has 2 heterocycles. The van der Waals surface area contributed by atoms with Crippen molar-refractivity contribution < 1.29 is 9.50 Å². The number of halogens is 1. The molecule has 5 heteroatoms. The Morgan fingerprint density at radius 2 is 1.84 bits per heavy atom. The van der Waals surface area contributed by atoms with Crippen molar-refractivity contribution in [1.29, 1.82) is 0 Å². The molecular weight excluding hydrogens is 335 g/mol. The van der Waals surface area contributed by atoms with Gasteiger partial charge in [0.05, 0.1) is 11.5 Å². The van der Waals surface area contributed by atoms with E-state index in [2.05, 4.69) is 34.1 Å². The van der Waals surface area contributed by atoms with Crippen molar-refractivity contribution in [2.45, 2.75) is 22.3 Å². The molecule has 2 aliphatic heterocycles. The summed E-state index contributed by atoms with van der Waals surface area (Å²) in [5, 5.41) is 9.14. The Balaban J connectivity index is 1.66. The summed E-state index contributed by atoms with van der Waals surface area (Å²) in [6, 6.07) is 14.1. The molecule has 1 atom stereocenters. The predicted octanol–water partition coefficient (Wildman–Crippen LogP) is 3.18. The molecule has 25 heavy (non-hydrogen) atoms. The van der Waals surface area contributed by atoms with Crippen LogP contribution in [-0.4, -0.2) is 54.2 Å². The van der Waals surface area contributed by atoms with Crippen LogP contribution in [0.4, 0.5) is 4.39 Å². The molecule has 2 aliphatic rings. The van der Waals surface area contributed by atoms with Crippen molar-refractivity contribution in [3.8, 4) is 0 Å². The van der Waals surface area contributed by atoms with Gasteiger partial charge >= 0.3 is 0 Å². The van der Waals surface area contributed by atoms with Crippen molar-refractivity contribution in [3.05, 3.63) is 59.4 Å². The Labute approximate surface area is 152 Å². The van der Waals surface area contributed by atoms with E-state index in [0.29, 0.717) is 0 Å². The summed E-state index contributed by atoms with van der Waals surface area (Å²) >= 11 is 1.56. The molecule has 0 bridgehead atoms. The van der Waals surface area contributed by atoms with Crippen molar-refractivity contribution in [1.82, 2.24) is 9.80 Å². The molecule has 0 amide bonds. The molecule has 3 nitrogen and oxygen atoms in total. The summed E-state index contributed by atoms with van der Waals surface area (Å²) in [5.74, 6) is -0.122. The van der Waals surface area contributed by atoms with E-state index in [0.717, 1.165) is 54.5 Å². The van der Waals surface area contributed by atoms with Crippen LogP contribution < -0.4 is 0 Å². The quantitative estimate of drug-likeness (QED) is 0.912. The number of hydrogen-bond donors (Lipinski definition) is 1. The van der Waals surface area contributed by atoms with Gasteiger partial charge in [0.25, 0.3) is 0 Å². The van der Waals surface area contributed by atoms with Gasteiger partial charge in [0.1, 0.15) is 5.82 Å². The van der Waals surface area contributed by atoms with Crippen molar-refractivity contribution in [2.24, 2.45) is 0 Å². The normalized spacial score (nSPS) is 21.4. The van der Waals surface area contributed by atoms with Crippen LogP contribution in [0.15, 0.2) is 52.3 Å².